The third kappa shape index (κ3) is 5.08. The Morgan fingerprint density at radius 3 is 2.58 bits per heavy atom. The van der Waals surface area contributed by atoms with E-state index in [2.05, 4.69) is 43.6 Å². The number of piperidine rings is 1. The lowest BCUT2D eigenvalue weighted by Gasteiger charge is -2.31. The Labute approximate surface area is 181 Å². The van der Waals surface area contributed by atoms with Gasteiger partial charge in [-0.05, 0) is 50.7 Å². The van der Waals surface area contributed by atoms with Crippen molar-refractivity contribution in [3.05, 3.63) is 54.6 Å². The molecular weight excluding hydrogens is 390 g/mol. The Balaban J connectivity index is 1.64. The predicted molar refractivity (Wildman–Crippen MR) is 120 cm³/mol. The number of likely N-dealkylation sites (tertiary alicyclic amines) is 1. The van der Waals surface area contributed by atoms with Gasteiger partial charge in [0.05, 0.1) is 19.5 Å². The van der Waals surface area contributed by atoms with E-state index >= 15 is 0 Å². The number of benzene rings is 1. The first-order chi connectivity index (χ1) is 15.1. The Morgan fingerprint density at radius 2 is 1.87 bits per heavy atom. The summed E-state index contributed by atoms with van der Waals surface area (Å²) in [6.45, 7) is 2.15. The maximum Gasteiger partial charge on any atom is 0.158 e. The first kappa shape index (κ1) is 20.6. The molecule has 1 aliphatic heterocycles. The van der Waals surface area contributed by atoms with Crippen LogP contribution >= 0.6 is 0 Å². The van der Waals surface area contributed by atoms with Crippen LogP contribution in [0.3, 0.4) is 0 Å². The standard InChI is InChI=1S/C23H25N7O/c1-30-8-6-17(7-9-30)28-21-11-22(29-23-15-25-18(12-24)13-26-23)27-14-20(21)16-4-3-5-19(10-16)31-2/h3-5,10-11,13-15,17H,6-9H2,1-2H3,(H2,26,27,28,29). The van der Waals surface area contributed by atoms with Gasteiger partial charge < -0.3 is 20.3 Å². The van der Waals surface area contributed by atoms with Gasteiger partial charge in [0, 0.05) is 29.6 Å². The predicted octanol–water partition coefficient (Wildman–Crippen LogP) is 3.67. The molecule has 0 atom stereocenters. The van der Waals surface area contributed by atoms with E-state index in [4.69, 9.17) is 10.00 Å². The number of aromatic nitrogens is 3. The molecule has 4 rings (SSSR count). The lowest BCUT2D eigenvalue weighted by Crippen LogP contribution is -2.36. The van der Waals surface area contributed by atoms with Crippen molar-refractivity contribution in [1.82, 2.24) is 19.9 Å². The average molecular weight is 416 g/mol. The van der Waals surface area contributed by atoms with Crippen molar-refractivity contribution in [3.8, 4) is 22.9 Å². The molecule has 0 bridgehead atoms. The third-order valence-electron chi connectivity index (χ3n) is 5.39. The van der Waals surface area contributed by atoms with Crippen LogP contribution in [0, 0.1) is 11.3 Å². The van der Waals surface area contributed by atoms with E-state index in [0.717, 1.165) is 48.5 Å². The summed E-state index contributed by atoms with van der Waals surface area (Å²) in [6.07, 6.45) is 6.98. The number of methoxy groups -OCH3 is 1. The molecule has 1 saturated heterocycles. The Hall–Kier alpha value is -3.70. The molecule has 3 heterocycles. The van der Waals surface area contributed by atoms with Gasteiger partial charge in [0.1, 0.15) is 23.5 Å². The highest BCUT2D eigenvalue weighted by Gasteiger charge is 2.18. The quantitative estimate of drug-likeness (QED) is 0.629. The summed E-state index contributed by atoms with van der Waals surface area (Å²) in [5, 5.41) is 15.8. The fraction of sp³-hybridized carbons (Fsp3) is 0.304. The minimum atomic E-state index is 0.275. The molecule has 1 aliphatic rings. The van der Waals surface area contributed by atoms with Crippen LogP contribution in [0.25, 0.3) is 11.1 Å². The van der Waals surface area contributed by atoms with E-state index < -0.39 is 0 Å². The number of rotatable bonds is 6. The van der Waals surface area contributed by atoms with Gasteiger partial charge in [-0.1, -0.05) is 12.1 Å². The van der Waals surface area contributed by atoms with Gasteiger partial charge in [-0.2, -0.15) is 5.26 Å². The van der Waals surface area contributed by atoms with Crippen LogP contribution < -0.4 is 15.4 Å². The van der Waals surface area contributed by atoms with Gasteiger partial charge in [0.15, 0.2) is 5.69 Å². The highest BCUT2D eigenvalue weighted by molar-refractivity contribution is 5.80. The van der Waals surface area contributed by atoms with Crippen LogP contribution in [-0.2, 0) is 0 Å². The number of ether oxygens (including phenoxy) is 1. The van der Waals surface area contributed by atoms with Crippen molar-refractivity contribution >= 4 is 17.3 Å². The van der Waals surface area contributed by atoms with E-state index in [1.165, 1.54) is 12.4 Å². The summed E-state index contributed by atoms with van der Waals surface area (Å²) in [4.78, 5) is 15.2. The smallest absolute Gasteiger partial charge is 0.158 e. The minimum absolute atomic E-state index is 0.275. The Bertz CT molecular complexity index is 1070. The molecule has 0 saturated carbocycles. The lowest BCUT2D eigenvalue weighted by atomic mass is 10.0. The molecule has 0 amide bonds. The monoisotopic (exact) mass is 415 g/mol. The van der Waals surface area contributed by atoms with Crippen LogP contribution in [0.15, 0.2) is 48.9 Å². The maximum absolute atomic E-state index is 8.90. The van der Waals surface area contributed by atoms with Gasteiger partial charge >= 0.3 is 0 Å². The molecule has 0 spiro atoms. The normalized spacial score (nSPS) is 14.6. The maximum atomic E-state index is 8.90. The number of nitrogens with zero attached hydrogens (tertiary/aromatic N) is 5. The van der Waals surface area contributed by atoms with Crippen molar-refractivity contribution in [3.63, 3.8) is 0 Å². The van der Waals surface area contributed by atoms with Crippen LogP contribution in [-0.4, -0.2) is 53.1 Å². The van der Waals surface area contributed by atoms with E-state index in [0.29, 0.717) is 17.7 Å². The summed E-state index contributed by atoms with van der Waals surface area (Å²) >= 11 is 0. The highest BCUT2D eigenvalue weighted by Crippen LogP contribution is 2.33. The molecule has 0 aliphatic carbocycles. The molecule has 3 aromatic rings. The molecule has 0 radical (unpaired) electrons. The second-order valence-corrected chi connectivity index (χ2v) is 7.59. The summed E-state index contributed by atoms with van der Waals surface area (Å²) in [5.41, 5.74) is 3.32. The number of nitriles is 1. The largest absolute Gasteiger partial charge is 0.497 e. The Morgan fingerprint density at radius 1 is 1.06 bits per heavy atom. The van der Waals surface area contributed by atoms with Crippen LogP contribution in [0.4, 0.5) is 17.3 Å². The molecule has 2 aromatic heterocycles. The van der Waals surface area contributed by atoms with Crippen LogP contribution in [0.1, 0.15) is 18.5 Å². The summed E-state index contributed by atoms with van der Waals surface area (Å²) in [7, 11) is 3.83. The molecule has 8 heteroatoms. The number of anilines is 3. The molecular formula is C23H25N7O. The zero-order chi connectivity index (χ0) is 21.6. The zero-order valence-corrected chi connectivity index (χ0v) is 17.7. The van der Waals surface area contributed by atoms with E-state index in [-0.39, 0.29) is 5.69 Å². The Kier molecular flexibility index (Phi) is 6.24. The molecule has 0 unspecified atom stereocenters. The van der Waals surface area contributed by atoms with E-state index in [9.17, 15) is 0 Å². The summed E-state index contributed by atoms with van der Waals surface area (Å²) < 4.78 is 5.40. The molecule has 1 aromatic carbocycles. The van der Waals surface area contributed by atoms with Crippen LogP contribution in [0.2, 0.25) is 0 Å². The molecule has 8 nitrogen and oxygen atoms in total. The molecule has 2 N–H and O–H groups in total. The number of pyridine rings is 1. The van der Waals surface area contributed by atoms with Crippen LogP contribution in [0.5, 0.6) is 5.75 Å². The number of hydrogen-bond donors (Lipinski definition) is 2. The molecule has 1 fully saturated rings. The van der Waals surface area contributed by atoms with E-state index in [1.807, 2.05) is 36.5 Å². The van der Waals surface area contributed by atoms with Crippen molar-refractivity contribution in [2.24, 2.45) is 0 Å². The minimum Gasteiger partial charge on any atom is -0.497 e. The SMILES string of the molecule is COc1cccc(-c2cnc(Nc3cnc(C#N)cn3)cc2NC2CCN(C)CC2)c1. The van der Waals surface area contributed by atoms with Gasteiger partial charge in [-0.3, -0.25) is 0 Å². The highest BCUT2D eigenvalue weighted by atomic mass is 16.5. The fourth-order valence-electron chi connectivity index (χ4n) is 3.62. The second-order valence-electron chi connectivity index (χ2n) is 7.59. The number of hydrogen-bond acceptors (Lipinski definition) is 8. The number of nitrogens with one attached hydrogen (secondary N) is 2. The third-order valence-corrected chi connectivity index (χ3v) is 5.39. The fourth-order valence-corrected chi connectivity index (χ4v) is 3.62. The lowest BCUT2D eigenvalue weighted by molar-refractivity contribution is 0.264. The molecule has 158 valence electrons. The van der Waals surface area contributed by atoms with Gasteiger partial charge in [-0.15, -0.1) is 0 Å². The van der Waals surface area contributed by atoms with Crippen molar-refractivity contribution in [2.75, 3.05) is 37.9 Å². The summed E-state index contributed by atoms with van der Waals surface area (Å²) in [5.74, 6) is 1.99. The first-order valence-corrected chi connectivity index (χ1v) is 10.2. The first-order valence-electron chi connectivity index (χ1n) is 10.2. The summed E-state index contributed by atoms with van der Waals surface area (Å²) in [6, 6.07) is 12.3. The van der Waals surface area contributed by atoms with Crippen molar-refractivity contribution < 1.29 is 4.74 Å². The van der Waals surface area contributed by atoms with E-state index in [1.54, 1.807) is 7.11 Å². The average Bonchev–Trinajstić information content (AvgIpc) is 2.81. The van der Waals surface area contributed by atoms with Crippen molar-refractivity contribution in [1.29, 1.82) is 5.26 Å². The second kappa shape index (κ2) is 9.41. The van der Waals surface area contributed by atoms with Gasteiger partial charge in [-0.25, -0.2) is 15.0 Å². The topological polar surface area (TPSA) is 99.0 Å². The molecule has 31 heavy (non-hydrogen) atoms. The zero-order valence-electron chi connectivity index (χ0n) is 17.7. The van der Waals surface area contributed by atoms with Gasteiger partial charge in [0.2, 0.25) is 0 Å². The van der Waals surface area contributed by atoms with Crippen molar-refractivity contribution in [2.45, 2.75) is 18.9 Å². The van der Waals surface area contributed by atoms with Gasteiger partial charge in [0.25, 0.3) is 0 Å².